The third kappa shape index (κ3) is 7.00. The first-order valence-corrected chi connectivity index (χ1v) is 9.24. The Morgan fingerprint density at radius 3 is 1.84 bits per heavy atom. The second-order valence-electron chi connectivity index (χ2n) is 6.42. The maximum Gasteiger partial charge on any atom is 1.00 e. The Balaban J connectivity index is 0.00000363. The number of benzene rings is 3. The van der Waals surface area contributed by atoms with E-state index in [0.717, 1.165) is 4.90 Å². The molecule has 10 heteroatoms. The van der Waals surface area contributed by atoms with Crippen LogP contribution < -0.4 is 44.3 Å². The molecule has 0 fully saturated rings. The molecular formula is C22H14ClF3NNaO4. The summed E-state index contributed by atoms with van der Waals surface area (Å²) in [5, 5.41) is 11.7. The summed E-state index contributed by atoms with van der Waals surface area (Å²) in [7, 11) is 0. The molecule has 0 spiro atoms. The molecule has 0 aliphatic heterocycles. The van der Waals surface area contributed by atoms with Gasteiger partial charge in [-0.25, -0.2) is 0 Å². The first-order chi connectivity index (χ1) is 14.6. The molecular weight excluding hydrogens is 458 g/mol. The van der Waals surface area contributed by atoms with Gasteiger partial charge in [-0.1, -0.05) is 48.0 Å². The van der Waals surface area contributed by atoms with Crippen LogP contribution >= 0.6 is 11.6 Å². The van der Waals surface area contributed by atoms with Crippen LogP contribution in [0, 0.1) is 0 Å². The van der Waals surface area contributed by atoms with Gasteiger partial charge in [0.05, 0.1) is 6.54 Å². The molecule has 0 bridgehead atoms. The van der Waals surface area contributed by atoms with Crippen molar-refractivity contribution in [3.63, 3.8) is 0 Å². The van der Waals surface area contributed by atoms with Crippen molar-refractivity contribution in [1.82, 2.24) is 0 Å². The third-order valence-electron chi connectivity index (χ3n) is 4.27. The van der Waals surface area contributed by atoms with Crippen molar-refractivity contribution in [3.8, 4) is 16.9 Å². The van der Waals surface area contributed by atoms with Gasteiger partial charge in [0, 0.05) is 10.7 Å². The molecule has 0 saturated heterocycles. The summed E-state index contributed by atoms with van der Waals surface area (Å²) < 4.78 is 40.7. The first kappa shape index (κ1) is 25.7. The number of rotatable bonds is 5. The van der Waals surface area contributed by atoms with Gasteiger partial charge in [0.2, 0.25) is 0 Å². The fourth-order valence-corrected chi connectivity index (χ4v) is 2.97. The number of carbonyl (C=O) groups excluding carboxylic acids is 2. The first-order valence-electron chi connectivity index (χ1n) is 8.86. The molecule has 0 N–H and O–H groups in total. The predicted molar refractivity (Wildman–Crippen MR) is 106 cm³/mol. The van der Waals surface area contributed by atoms with Crippen LogP contribution in [0.5, 0.6) is 5.75 Å². The number of amides is 1. The third-order valence-corrected chi connectivity index (χ3v) is 4.53. The zero-order chi connectivity index (χ0) is 22.6. The van der Waals surface area contributed by atoms with Crippen molar-refractivity contribution in [2.75, 3.05) is 4.90 Å². The molecule has 0 aliphatic rings. The van der Waals surface area contributed by atoms with Gasteiger partial charge in [0.1, 0.15) is 11.7 Å². The van der Waals surface area contributed by atoms with Crippen LogP contribution in [0.25, 0.3) is 11.1 Å². The van der Waals surface area contributed by atoms with Gasteiger partial charge in [0.25, 0.3) is 5.91 Å². The zero-order valence-corrected chi connectivity index (χ0v) is 19.5. The Morgan fingerprint density at radius 2 is 1.38 bits per heavy atom. The quantitative estimate of drug-likeness (QED) is 0.414. The van der Waals surface area contributed by atoms with Crippen LogP contribution in [0.1, 0.15) is 5.56 Å². The minimum atomic E-state index is -4.78. The van der Waals surface area contributed by atoms with E-state index in [-0.39, 0.29) is 41.9 Å². The second-order valence-corrected chi connectivity index (χ2v) is 6.86. The minimum absolute atomic E-state index is 0. The number of ether oxygens (including phenoxy) is 1. The smallest absolute Gasteiger partial charge is 0.540 e. The Labute approximate surface area is 208 Å². The summed E-state index contributed by atoms with van der Waals surface area (Å²) in [6.07, 6.45) is -4.78. The molecule has 0 saturated carbocycles. The Kier molecular flexibility index (Phi) is 8.74. The molecule has 3 aromatic carbocycles. The van der Waals surface area contributed by atoms with E-state index in [1.54, 1.807) is 36.4 Å². The van der Waals surface area contributed by atoms with Crippen molar-refractivity contribution in [1.29, 1.82) is 0 Å². The molecule has 160 valence electrons. The predicted octanol–water partition coefficient (Wildman–Crippen LogP) is 1.19. The average Bonchev–Trinajstić information content (AvgIpc) is 2.72. The average molecular weight is 472 g/mol. The molecule has 0 heterocycles. The second kappa shape index (κ2) is 10.9. The van der Waals surface area contributed by atoms with Crippen LogP contribution in [0.2, 0.25) is 5.02 Å². The molecule has 0 aromatic heterocycles. The number of halogens is 4. The number of hydrogen-bond acceptors (Lipinski definition) is 4. The monoisotopic (exact) mass is 471 g/mol. The van der Waals surface area contributed by atoms with Crippen molar-refractivity contribution in [2.24, 2.45) is 0 Å². The van der Waals surface area contributed by atoms with Crippen molar-refractivity contribution in [2.45, 2.75) is 12.9 Å². The van der Waals surface area contributed by atoms with Crippen LogP contribution in [0.3, 0.4) is 0 Å². The van der Waals surface area contributed by atoms with Gasteiger partial charge in [-0.05, 0) is 53.1 Å². The van der Waals surface area contributed by atoms with Gasteiger partial charge in [-0.2, -0.15) is 0 Å². The summed E-state index contributed by atoms with van der Waals surface area (Å²) in [4.78, 5) is 24.4. The number of anilines is 1. The molecule has 0 atom stereocenters. The van der Waals surface area contributed by atoms with Gasteiger partial charge in [-0.3, -0.25) is 4.79 Å². The van der Waals surface area contributed by atoms with Gasteiger partial charge in [0.15, 0.2) is 0 Å². The summed E-state index contributed by atoms with van der Waals surface area (Å²) in [5.74, 6) is -3.41. The van der Waals surface area contributed by atoms with Gasteiger partial charge >= 0.3 is 35.9 Å². The van der Waals surface area contributed by atoms with E-state index in [1.165, 1.54) is 36.4 Å². The topological polar surface area (TPSA) is 69.7 Å². The zero-order valence-electron chi connectivity index (χ0n) is 16.7. The largest absolute Gasteiger partial charge is 1.00 e. The standard InChI is InChI=1S/C22H15ClF3NO4.Na/c23-17-7-1-14(2-8-17)13-27(20(28)21(29)30)18-9-3-15(4-10-18)16-5-11-19(12-6-16)31-22(24,25)26;/h1-12H,13H2,(H,29,30);/q;+1/p-1. The number of carboxylic acids is 1. The van der Waals surface area contributed by atoms with Gasteiger partial charge in [-0.15, -0.1) is 13.2 Å². The fraction of sp³-hybridized carbons (Fsp3) is 0.0909. The SMILES string of the molecule is O=C([O-])C(=O)N(Cc1ccc(Cl)cc1)c1ccc(-c2ccc(OC(F)(F)F)cc2)cc1.[Na+]. The van der Waals surface area contributed by atoms with Gasteiger partial charge < -0.3 is 19.5 Å². The molecule has 0 radical (unpaired) electrons. The molecule has 3 aromatic rings. The number of alkyl halides is 3. The summed E-state index contributed by atoms with van der Waals surface area (Å²) in [5.41, 5.74) is 2.22. The van der Waals surface area contributed by atoms with Crippen LogP contribution in [-0.4, -0.2) is 18.2 Å². The van der Waals surface area contributed by atoms with E-state index < -0.39 is 18.2 Å². The van der Waals surface area contributed by atoms with Crippen LogP contribution in [0.15, 0.2) is 72.8 Å². The molecule has 32 heavy (non-hydrogen) atoms. The minimum Gasteiger partial charge on any atom is -0.540 e. The Hall–Kier alpha value is -2.52. The van der Waals surface area contributed by atoms with E-state index in [4.69, 9.17) is 11.6 Å². The Bertz CT molecular complexity index is 1070. The molecule has 0 aliphatic carbocycles. The maximum absolute atomic E-state index is 12.3. The molecule has 5 nitrogen and oxygen atoms in total. The normalized spacial score (nSPS) is 10.8. The number of carbonyl (C=O) groups is 2. The fourth-order valence-electron chi connectivity index (χ4n) is 2.85. The van der Waals surface area contributed by atoms with E-state index in [1.807, 2.05) is 0 Å². The van der Waals surface area contributed by atoms with Crippen molar-refractivity contribution in [3.05, 3.63) is 83.4 Å². The van der Waals surface area contributed by atoms with E-state index in [0.29, 0.717) is 27.4 Å². The number of aliphatic carboxylic acids is 1. The molecule has 3 rings (SSSR count). The Morgan fingerprint density at radius 1 is 0.875 bits per heavy atom. The van der Waals surface area contributed by atoms with E-state index in [2.05, 4.69) is 4.74 Å². The summed E-state index contributed by atoms with van der Waals surface area (Å²) in [6.45, 7) is -0.0210. The van der Waals surface area contributed by atoms with Crippen molar-refractivity contribution >= 4 is 29.2 Å². The number of carboxylic acid groups (broad SMARTS) is 1. The molecule has 1 amide bonds. The van der Waals surface area contributed by atoms with E-state index in [9.17, 15) is 27.9 Å². The number of nitrogens with zero attached hydrogens (tertiary/aromatic N) is 1. The van der Waals surface area contributed by atoms with Crippen LogP contribution in [0.4, 0.5) is 18.9 Å². The van der Waals surface area contributed by atoms with Crippen LogP contribution in [-0.2, 0) is 16.1 Å². The van der Waals surface area contributed by atoms with Crippen molar-refractivity contribution < 1.29 is 62.2 Å². The van der Waals surface area contributed by atoms with E-state index >= 15 is 0 Å². The summed E-state index contributed by atoms with van der Waals surface area (Å²) in [6, 6.07) is 18.1. The maximum atomic E-state index is 12.3. The summed E-state index contributed by atoms with van der Waals surface area (Å²) >= 11 is 5.85. The molecule has 0 unspecified atom stereocenters. The number of hydrogen-bond donors (Lipinski definition) is 0.